The lowest BCUT2D eigenvalue weighted by Gasteiger charge is -2.09. The van der Waals surface area contributed by atoms with Crippen molar-refractivity contribution in [1.29, 1.82) is 0 Å². The van der Waals surface area contributed by atoms with E-state index in [1.807, 2.05) is 62.6 Å². The number of hydrogen-bond donors (Lipinski definition) is 0. The van der Waals surface area contributed by atoms with E-state index in [4.69, 9.17) is 9.47 Å². The van der Waals surface area contributed by atoms with Gasteiger partial charge in [-0.25, -0.2) is 9.78 Å². The number of aromatic nitrogens is 2. The molecule has 2 aromatic heterocycles. The van der Waals surface area contributed by atoms with E-state index >= 15 is 0 Å². The molecule has 0 bridgehead atoms. The third kappa shape index (κ3) is 5.02. The summed E-state index contributed by atoms with van der Waals surface area (Å²) in [6.45, 7) is 7.87. The first-order valence-corrected chi connectivity index (χ1v) is 9.88. The Morgan fingerprint density at radius 1 is 1.07 bits per heavy atom. The van der Waals surface area contributed by atoms with Crippen LogP contribution in [0.5, 0.6) is 0 Å². The highest BCUT2D eigenvalue weighted by Gasteiger charge is 2.19. The summed E-state index contributed by atoms with van der Waals surface area (Å²) < 4.78 is 12.7. The summed E-state index contributed by atoms with van der Waals surface area (Å²) in [4.78, 5) is 29.3. The number of nitrogens with zero attached hydrogens (tertiary/aromatic N) is 2. The molecule has 2 heterocycles. The molecule has 6 nitrogen and oxygen atoms in total. The average molecular weight is 406 g/mol. The fourth-order valence-electron chi connectivity index (χ4n) is 3.18. The van der Waals surface area contributed by atoms with Gasteiger partial charge in [0.2, 0.25) is 5.78 Å². The van der Waals surface area contributed by atoms with Gasteiger partial charge in [0.25, 0.3) is 0 Å². The van der Waals surface area contributed by atoms with Crippen molar-refractivity contribution in [2.24, 2.45) is 0 Å². The molecule has 0 aliphatic heterocycles. The summed E-state index contributed by atoms with van der Waals surface area (Å²) in [5.41, 5.74) is 3.54. The van der Waals surface area contributed by atoms with Crippen molar-refractivity contribution >= 4 is 11.8 Å². The second-order valence-corrected chi connectivity index (χ2v) is 7.36. The van der Waals surface area contributed by atoms with Crippen molar-refractivity contribution < 1.29 is 19.1 Å². The van der Waals surface area contributed by atoms with Crippen LogP contribution in [0.1, 0.15) is 51.5 Å². The Morgan fingerprint density at radius 2 is 1.80 bits per heavy atom. The molecule has 0 amide bonds. The number of ketones is 1. The topological polar surface area (TPSA) is 70.4 Å². The van der Waals surface area contributed by atoms with Crippen LogP contribution in [0.25, 0.3) is 5.82 Å². The van der Waals surface area contributed by atoms with Crippen LogP contribution in [0.4, 0.5) is 0 Å². The summed E-state index contributed by atoms with van der Waals surface area (Å²) in [6, 6.07) is 14.4. The van der Waals surface area contributed by atoms with Crippen molar-refractivity contribution in [3.05, 3.63) is 82.8 Å². The van der Waals surface area contributed by atoms with E-state index in [2.05, 4.69) is 4.98 Å². The second-order valence-electron chi connectivity index (χ2n) is 7.36. The standard InChI is InChI=1S/C24H26N2O4/c1-16(2)29-14-19-8-10-20(11-9-19)24(28)30-15-22(27)21-13-17(3)26(18(21)4)23-7-5-6-12-25-23/h5-13,16H,14-15H2,1-4H3. The molecule has 6 heteroatoms. The minimum Gasteiger partial charge on any atom is -0.454 e. The normalized spacial score (nSPS) is 11.0. The van der Waals surface area contributed by atoms with E-state index < -0.39 is 5.97 Å². The van der Waals surface area contributed by atoms with Crippen LogP contribution < -0.4 is 0 Å². The number of Topliss-reactive ketones (excluding diaryl/α,β-unsaturated/α-hetero) is 1. The van der Waals surface area contributed by atoms with E-state index in [1.165, 1.54) is 0 Å². The van der Waals surface area contributed by atoms with E-state index in [0.717, 1.165) is 22.8 Å². The number of rotatable bonds is 8. The number of ether oxygens (including phenoxy) is 2. The van der Waals surface area contributed by atoms with E-state index in [-0.39, 0.29) is 18.5 Å². The molecule has 0 N–H and O–H groups in total. The summed E-state index contributed by atoms with van der Waals surface area (Å²) in [5.74, 6) is -0.0381. The largest absolute Gasteiger partial charge is 0.454 e. The van der Waals surface area contributed by atoms with Gasteiger partial charge in [-0.05, 0) is 63.6 Å². The molecule has 0 fully saturated rings. The molecule has 156 valence electrons. The second kappa shape index (κ2) is 9.50. The maximum absolute atomic E-state index is 12.7. The van der Waals surface area contributed by atoms with Gasteiger partial charge in [-0.2, -0.15) is 0 Å². The quantitative estimate of drug-likeness (QED) is 0.408. The lowest BCUT2D eigenvalue weighted by Crippen LogP contribution is -2.15. The number of esters is 1. The number of benzene rings is 1. The lowest BCUT2D eigenvalue weighted by molar-refractivity contribution is 0.0474. The molecule has 0 saturated carbocycles. The summed E-state index contributed by atoms with van der Waals surface area (Å²) >= 11 is 0. The van der Waals surface area contributed by atoms with Crippen LogP contribution in [-0.2, 0) is 16.1 Å². The van der Waals surface area contributed by atoms with Crippen LogP contribution in [0, 0.1) is 13.8 Å². The summed E-state index contributed by atoms with van der Waals surface area (Å²) in [7, 11) is 0. The summed E-state index contributed by atoms with van der Waals surface area (Å²) in [5, 5.41) is 0. The van der Waals surface area contributed by atoms with Crippen molar-refractivity contribution in [3.63, 3.8) is 0 Å². The molecule has 0 saturated heterocycles. The Labute approximate surface area is 176 Å². The third-order valence-electron chi connectivity index (χ3n) is 4.72. The van der Waals surface area contributed by atoms with Crippen LogP contribution in [0.3, 0.4) is 0 Å². The summed E-state index contributed by atoms with van der Waals surface area (Å²) in [6.07, 6.45) is 1.85. The van der Waals surface area contributed by atoms with Crippen LogP contribution >= 0.6 is 0 Å². The van der Waals surface area contributed by atoms with E-state index in [0.29, 0.717) is 17.7 Å². The molecule has 30 heavy (non-hydrogen) atoms. The van der Waals surface area contributed by atoms with Crippen molar-refractivity contribution in [2.45, 2.75) is 40.4 Å². The average Bonchev–Trinajstić information content (AvgIpc) is 3.05. The SMILES string of the molecule is Cc1cc(C(=O)COC(=O)c2ccc(COC(C)C)cc2)c(C)n1-c1ccccn1. The Hall–Kier alpha value is -3.25. The maximum Gasteiger partial charge on any atom is 0.338 e. The third-order valence-corrected chi connectivity index (χ3v) is 4.72. The molecule has 0 aliphatic rings. The molecule has 0 unspecified atom stereocenters. The molecule has 3 rings (SSSR count). The molecule has 0 aliphatic carbocycles. The van der Waals surface area contributed by atoms with Crippen LogP contribution in [-0.4, -0.2) is 34.0 Å². The number of hydrogen-bond acceptors (Lipinski definition) is 5. The van der Waals surface area contributed by atoms with Crippen molar-refractivity contribution in [3.8, 4) is 5.82 Å². The first-order valence-electron chi connectivity index (χ1n) is 9.88. The first kappa shape index (κ1) is 21.5. The van der Waals surface area contributed by atoms with E-state index in [1.54, 1.807) is 24.4 Å². The van der Waals surface area contributed by atoms with E-state index in [9.17, 15) is 9.59 Å². The Kier molecular flexibility index (Phi) is 6.79. The lowest BCUT2D eigenvalue weighted by atomic mass is 10.1. The van der Waals surface area contributed by atoms with Crippen molar-refractivity contribution in [1.82, 2.24) is 9.55 Å². The van der Waals surface area contributed by atoms with Crippen molar-refractivity contribution in [2.75, 3.05) is 6.61 Å². The van der Waals surface area contributed by atoms with Gasteiger partial charge in [0.1, 0.15) is 5.82 Å². The number of aryl methyl sites for hydroxylation is 1. The highest BCUT2D eigenvalue weighted by Crippen LogP contribution is 2.20. The molecule has 0 spiro atoms. The fraction of sp³-hybridized carbons (Fsp3) is 0.292. The van der Waals surface area contributed by atoms with Gasteiger partial charge >= 0.3 is 5.97 Å². The highest BCUT2D eigenvalue weighted by atomic mass is 16.5. The van der Waals surface area contributed by atoms with Gasteiger partial charge < -0.3 is 14.0 Å². The molecular formula is C24H26N2O4. The monoisotopic (exact) mass is 406 g/mol. The van der Waals surface area contributed by atoms with Gasteiger partial charge in [0.15, 0.2) is 6.61 Å². The fourth-order valence-corrected chi connectivity index (χ4v) is 3.18. The van der Waals surface area contributed by atoms with Gasteiger partial charge in [-0.3, -0.25) is 4.79 Å². The van der Waals surface area contributed by atoms with Gasteiger partial charge in [-0.1, -0.05) is 18.2 Å². The van der Waals surface area contributed by atoms with Gasteiger partial charge in [0, 0.05) is 23.1 Å². The number of carbonyl (C=O) groups excluding carboxylic acids is 2. The van der Waals surface area contributed by atoms with Crippen LogP contribution in [0.2, 0.25) is 0 Å². The predicted octanol–water partition coefficient (Wildman–Crippen LogP) is 4.45. The maximum atomic E-state index is 12.7. The number of carbonyl (C=O) groups is 2. The minimum atomic E-state index is -0.529. The minimum absolute atomic E-state index is 0.139. The first-order chi connectivity index (χ1) is 14.4. The molecular weight excluding hydrogens is 380 g/mol. The zero-order chi connectivity index (χ0) is 21.7. The predicted molar refractivity (Wildman–Crippen MR) is 114 cm³/mol. The Morgan fingerprint density at radius 3 is 2.43 bits per heavy atom. The number of pyridine rings is 1. The Bertz CT molecular complexity index is 1020. The molecule has 1 aromatic carbocycles. The smallest absolute Gasteiger partial charge is 0.338 e. The molecule has 0 radical (unpaired) electrons. The Balaban J connectivity index is 1.64. The zero-order valence-corrected chi connectivity index (χ0v) is 17.7. The molecule has 3 aromatic rings. The van der Waals surface area contributed by atoms with Gasteiger partial charge in [0.05, 0.1) is 18.3 Å². The molecule has 0 atom stereocenters. The highest BCUT2D eigenvalue weighted by molar-refractivity contribution is 6.00. The van der Waals surface area contributed by atoms with Crippen LogP contribution in [0.15, 0.2) is 54.7 Å². The zero-order valence-electron chi connectivity index (χ0n) is 17.7. The van der Waals surface area contributed by atoms with Gasteiger partial charge in [-0.15, -0.1) is 0 Å².